The molecule has 0 N–H and O–H groups in total. The van der Waals surface area contributed by atoms with Crippen LogP contribution in [0.2, 0.25) is 0 Å². The van der Waals surface area contributed by atoms with Crippen molar-refractivity contribution in [1.82, 2.24) is 0 Å². The van der Waals surface area contributed by atoms with Crippen LogP contribution in [0.4, 0.5) is 0 Å². The van der Waals surface area contributed by atoms with Gasteiger partial charge in [-0.25, -0.2) is 0 Å². The number of hydrogen-bond donors (Lipinski definition) is 0. The van der Waals surface area contributed by atoms with Crippen LogP contribution in [0.15, 0.2) is 66.7 Å². The van der Waals surface area contributed by atoms with E-state index in [1.807, 2.05) is 51.1 Å². The Balaban J connectivity index is 1.53. The molecular weight excluding hydrogens is 352 g/mol. The van der Waals surface area contributed by atoms with Crippen LogP contribution in [0.3, 0.4) is 0 Å². The van der Waals surface area contributed by atoms with E-state index in [2.05, 4.69) is 36.4 Å². The van der Waals surface area contributed by atoms with E-state index in [-0.39, 0.29) is 0 Å². The Bertz CT molecular complexity index is 981. The van der Waals surface area contributed by atoms with Crippen molar-refractivity contribution in [3.05, 3.63) is 77.9 Å². The van der Waals surface area contributed by atoms with Crippen molar-refractivity contribution in [1.29, 1.82) is 0 Å². The van der Waals surface area contributed by atoms with E-state index in [4.69, 9.17) is 18.9 Å². The Kier molecular flexibility index (Phi) is 4.88. The molecule has 0 aliphatic carbocycles. The predicted octanol–water partition coefficient (Wildman–Crippen LogP) is 5.39. The van der Waals surface area contributed by atoms with Gasteiger partial charge in [0.25, 0.3) is 0 Å². The van der Waals surface area contributed by atoms with Gasteiger partial charge in [-0.3, -0.25) is 0 Å². The zero-order chi connectivity index (χ0) is 19.8. The molecule has 4 heteroatoms. The van der Waals surface area contributed by atoms with Crippen LogP contribution in [0.25, 0.3) is 10.8 Å². The standard InChI is InChI=1S/C24H26O4/c1-23(2)27-22(25-4)24(3,28-23)20-10-7-11-21(15-20)26-16-17-12-13-18-8-5-6-9-19(18)14-17/h5-15,22H,16H2,1-4H3. The Hall–Kier alpha value is -2.40. The van der Waals surface area contributed by atoms with Crippen molar-refractivity contribution in [2.45, 2.75) is 45.1 Å². The van der Waals surface area contributed by atoms with Crippen molar-refractivity contribution in [2.75, 3.05) is 7.11 Å². The SMILES string of the molecule is COC1OC(C)(C)OC1(C)c1cccc(OCc2ccc3ccccc3c2)c1. The third-order valence-corrected chi connectivity index (χ3v) is 5.14. The van der Waals surface area contributed by atoms with E-state index in [1.165, 1.54) is 10.8 Å². The summed E-state index contributed by atoms with van der Waals surface area (Å²) in [5.41, 5.74) is 1.38. The Morgan fingerprint density at radius 1 is 0.893 bits per heavy atom. The quantitative estimate of drug-likeness (QED) is 0.596. The molecule has 4 rings (SSSR count). The molecule has 1 aliphatic heterocycles. The average Bonchev–Trinajstić information content (AvgIpc) is 2.95. The van der Waals surface area contributed by atoms with Gasteiger partial charge in [-0.2, -0.15) is 0 Å². The second-order valence-electron chi connectivity index (χ2n) is 7.79. The molecule has 1 saturated heterocycles. The first-order valence-corrected chi connectivity index (χ1v) is 9.51. The molecule has 1 fully saturated rings. The average molecular weight is 378 g/mol. The third kappa shape index (κ3) is 3.63. The second-order valence-corrected chi connectivity index (χ2v) is 7.79. The van der Waals surface area contributed by atoms with Crippen molar-refractivity contribution >= 4 is 10.8 Å². The number of hydrogen-bond acceptors (Lipinski definition) is 4. The molecule has 0 saturated carbocycles. The van der Waals surface area contributed by atoms with Gasteiger partial charge in [-0.05, 0) is 60.9 Å². The monoisotopic (exact) mass is 378 g/mol. The topological polar surface area (TPSA) is 36.9 Å². The van der Waals surface area contributed by atoms with Crippen LogP contribution in [-0.4, -0.2) is 19.2 Å². The summed E-state index contributed by atoms with van der Waals surface area (Å²) < 4.78 is 23.7. The summed E-state index contributed by atoms with van der Waals surface area (Å²) in [7, 11) is 1.63. The van der Waals surface area contributed by atoms with Gasteiger partial charge in [0.05, 0.1) is 0 Å². The van der Waals surface area contributed by atoms with Gasteiger partial charge in [0.15, 0.2) is 12.1 Å². The molecule has 0 radical (unpaired) electrons. The van der Waals surface area contributed by atoms with E-state index < -0.39 is 17.7 Å². The molecule has 28 heavy (non-hydrogen) atoms. The third-order valence-electron chi connectivity index (χ3n) is 5.14. The smallest absolute Gasteiger partial charge is 0.193 e. The maximum Gasteiger partial charge on any atom is 0.193 e. The lowest BCUT2D eigenvalue weighted by Gasteiger charge is -2.28. The van der Waals surface area contributed by atoms with Crippen molar-refractivity contribution in [3.8, 4) is 5.75 Å². The van der Waals surface area contributed by atoms with Gasteiger partial charge in [0, 0.05) is 7.11 Å². The first kappa shape index (κ1) is 18.9. The Labute approximate surface area is 166 Å². The Morgan fingerprint density at radius 3 is 2.46 bits per heavy atom. The summed E-state index contributed by atoms with van der Waals surface area (Å²) in [5.74, 6) is 0.0761. The van der Waals surface area contributed by atoms with Crippen molar-refractivity contribution in [3.63, 3.8) is 0 Å². The van der Waals surface area contributed by atoms with Gasteiger partial charge in [-0.1, -0.05) is 48.5 Å². The lowest BCUT2D eigenvalue weighted by Crippen LogP contribution is -2.35. The summed E-state index contributed by atoms with van der Waals surface area (Å²) >= 11 is 0. The van der Waals surface area contributed by atoms with Crippen LogP contribution < -0.4 is 4.74 Å². The molecule has 4 nitrogen and oxygen atoms in total. The molecule has 2 atom stereocenters. The lowest BCUT2D eigenvalue weighted by molar-refractivity contribution is -0.183. The van der Waals surface area contributed by atoms with Crippen LogP contribution >= 0.6 is 0 Å². The van der Waals surface area contributed by atoms with E-state index in [0.29, 0.717) is 6.61 Å². The molecule has 146 valence electrons. The van der Waals surface area contributed by atoms with Crippen LogP contribution in [0.5, 0.6) is 5.75 Å². The Morgan fingerprint density at radius 2 is 1.68 bits per heavy atom. The van der Waals surface area contributed by atoms with E-state index in [1.54, 1.807) is 7.11 Å². The fourth-order valence-electron chi connectivity index (χ4n) is 3.81. The van der Waals surface area contributed by atoms with Gasteiger partial charge in [0.2, 0.25) is 0 Å². The molecule has 2 unspecified atom stereocenters. The van der Waals surface area contributed by atoms with Crippen LogP contribution in [0.1, 0.15) is 31.9 Å². The molecular formula is C24H26O4. The zero-order valence-corrected chi connectivity index (χ0v) is 16.8. The highest BCUT2D eigenvalue weighted by Gasteiger charge is 2.51. The second kappa shape index (κ2) is 7.21. The first-order chi connectivity index (χ1) is 13.4. The lowest BCUT2D eigenvalue weighted by atomic mass is 9.95. The molecule has 0 amide bonds. The zero-order valence-electron chi connectivity index (χ0n) is 16.8. The molecule has 0 aromatic heterocycles. The normalized spacial score (nSPS) is 23.8. The summed E-state index contributed by atoms with van der Waals surface area (Å²) in [6, 6.07) is 22.7. The molecule has 1 heterocycles. The molecule has 1 aliphatic rings. The van der Waals surface area contributed by atoms with Gasteiger partial charge in [-0.15, -0.1) is 0 Å². The van der Waals surface area contributed by atoms with Crippen molar-refractivity contribution < 1.29 is 18.9 Å². The summed E-state index contributed by atoms with van der Waals surface area (Å²) in [5, 5.41) is 2.44. The van der Waals surface area contributed by atoms with Crippen molar-refractivity contribution in [2.24, 2.45) is 0 Å². The molecule has 3 aromatic carbocycles. The minimum absolute atomic E-state index is 0.488. The molecule has 0 bridgehead atoms. The highest BCUT2D eigenvalue weighted by atomic mass is 16.8. The van der Waals surface area contributed by atoms with Gasteiger partial charge >= 0.3 is 0 Å². The van der Waals surface area contributed by atoms with Gasteiger partial charge < -0.3 is 18.9 Å². The summed E-state index contributed by atoms with van der Waals surface area (Å²) in [6.45, 7) is 6.27. The van der Waals surface area contributed by atoms with Crippen LogP contribution in [0, 0.1) is 0 Å². The highest BCUT2D eigenvalue weighted by molar-refractivity contribution is 5.82. The minimum atomic E-state index is -0.711. The predicted molar refractivity (Wildman–Crippen MR) is 109 cm³/mol. The largest absolute Gasteiger partial charge is 0.489 e. The highest BCUT2D eigenvalue weighted by Crippen LogP contribution is 2.44. The van der Waals surface area contributed by atoms with Gasteiger partial charge in [0.1, 0.15) is 18.0 Å². The number of fused-ring (bicyclic) bond motifs is 1. The van der Waals surface area contributed by atoms with E-state index in [0.717, 1.165) is 16.9 Å². The maximum absolute atomic E-state index is 6.19. The number of rotatable bonds is 5. The maximum atomic E-state index is 6.19. The molecule has 0 spiro atoms. The number of methoxy groups -OCH3 is 1. The molecule has 3 aromatic rings. The van der Waals surface area contributed by atoms with E-state index in [9.17, 15) is 0 Å². The first-order valence-electron chi connectivity index (χ1n) is 9.51. The number of ether oxygens (including phenoxy) is 4. The van der Waals surface area contributed by atoms with E-state index >= 15 is 0 Å². The summed E-state index contributed by atoms with van der Waals surface area (Å²) in [6.07, 6.45) is -0.488. The minimum Gasteiger partial charge on any atom is -0.489 e. The fraction of sp³-hybridized carbons (Fsp3) is 0.333. The van der Waals surface area contributed by atoms with Crippen LogP contribution in [-0.2, 0) is 26.4 Å². The summed E-state index contributed by atoms with van der Waals surface area (Å²) in [4.78, 5) is 0. The number of benzene rings is 3. The fourth-order valence-corrected chi connectivity index (χ4v) is 3.81.